The molecule has 0 bridgehead atoms. The lowest BCUT2D eigenvalue weighted by atomic mass is 10.3. The Hall–Kier alpha value is -0.830. The van der Waals surface area contributed by atoms with Gasteiger partial charge in [0.05, 0.1) is 16.4 Å². The van der Waals surface area contributed by atoms with E-state index in [-0.39, 0.29) is 25.8 Å². The van der Waals surface area contributed by atoms with Crippen molar-refractivity contribution in [1.82, 2.24) is 0 Å². The van der Waals surface area contributed by atoms with E-state index < -0.39 is 15.8 Å². The number of nitrogens with one attached hydrogen (secondary N) is 1. The molecule has 0 aliphatic heterocycles. The second-order valence-electron chi connectivity index (χ2n) is 4.03. The normalized spacial score (nSPS) is 11.4. The molecule has 0 saturated carbocycles. The molecule has 2 aromatic rings. The van der Waals surface area contributed by atoms with Crippen LogP contribution in [-0.4, -0.2) is 8.42 Å². The van der Waals surface area contributed by atoms with Crippen molar-refractivity contribution in [2.45, 2.75) is 4.90 Å². The fourth-order valence-electron chi connectivity index (χ4n) is 1.53. The maximum Gasteiger partial charge on any atom is 0.263 e. The van der Waals surface area contributed by atoms with Crippen LogP contribution >= 0.6 is 43.5 Å². The second-order valence-corrected chi connectivity index (χ2v) is 7.86. The Labute approximate surface area is 142 Å². The molecule has 0 heterocycles. The summed E-state index contributed by atoms with van der Waals surface area (Å²) in [6.45, 7) is 0. The van der Waals surface area contributed by atoms with Gasteiger partial charge in [0.25, 0.3) is 10.0 Å². The van der Waals surface area contributed by atoms with Crippen molar-refractivity contribution >= 4 is 64.9 Å². The highest BCUT2D eigenvalue weighted by molar-refractivity contribution is 9.10. The Morgan fingerprint density at radius 1 is 1.19 bits per heavy atom. The molecule has 0 saturated heterocycles. The molecule has 0 atom stereocenters. The van der Waals surface area contributed by atoms with Crippen LogP contribution in [0, 0.1) is 5.82 Å². The Morgan fingerprint density at radius 3 is 2.52 bits per heavy atom. The maximum atomic E-state index is 13.3. The van der Waals surface area contributed by atoms with Crippen molar-refractivity contribution in [1.29, 1.82) is 0 Å². The van der Waals surface area contributed by atoms with Gasteiger partial charge in [-0.15, -0.1) is 0 Å². The van der Waals surface area contributed by atoms with Crippen LogP contribution in [0.5, 0.6) is 0 Å². The molecule has 0 unspecified atom stereocenters. The first kappa shape index (κ1) is 16.5. The number of hydrogen-bond acceptors (Lipinski definition) is 3. The summed E-state index contributed by atoms with van der Waals surface area (Å²) in [5.74, 6) is -0.707. The molecule has 21 heavy (non-hydrogen) atoms. The third-order valence-corrected chi connectivity index (χ3v) is 5.66. The fourth-order valence-corrected chi connectivity index (χ4v) is 4.23. The molecule has 112 valence electrons. The smallest absolute Gasteiger partial charge is 0.263 e. The molecule has 9 heteroatoms. The molecule has 0 spiro atoms. The van der Waals surface area contributed by atoms with Gasteiger partial charge in [-0.2, -0.15) is 0 Å². The largest absolute Gasteiger partial charge is 0.396 e. The van der Waals surface area contributed by atoms with Crippen molar-refractivity contribution < 1.29 is 12.8 Å². The standard InChI is InChI=1S/C12H8Br2ClFN2O2S/c13-6-1-2-8(15)11(3-6)18-21(19,20)12-5-10(17)9(16)4-7(12)14/h1-5,18H,17H2. The summed E-state index contributed by atoms with van der Waals surface area (Å²) in [5.41, 5.74) is 5.34. The molecule has 2 rings (SSSR count). The summed E-state index contributed by atoms with van der Waals surface area (Å²) in [7, 11) is -3.97. The second kappa shape index (κ2) is 6.12. The van der Waals surface area contributed by atoms with E-state index in [1.165, 1.54) is 12.1 Å². The summed E-state index contributed by atoms with van der Waals surface area (Å²) < 4.78 is 41.1. The Bertz CT molecular complexity index is 815. The predicted octanol–water partition coefficient (Wildman–Crippen LogP) is 4.39. The monoisotopic (exact) mass is 456 g/mol. The highest BCUT2D eigenvalue weighted by Gasteiger charge is 2.21. The highest BCUT2D eigenvalue weighted by atomic mass is 79.9. The van der Waals surface area contributed by atoms with Gasteiger partial charge < -0.3 is 5.73 Å². The first-order valence-electron chi connectivity index (χ1n) is 5.43. The molecule has 0 fully saturated rings. The van der Waals surface area contributed by atoms with Crippen molar-refractivity contribution in [3.8, 4) is 0 Å². The van der Waals surface area contributed by atoms with E-state index in [1.807, 2.05) is 0 Å². The van der Waals surface area contributed by atoms with Gasteiger partial charge >= 0.3 is 0 Å². The van der Waals surface area contributed by atoms with Gasteiger partial charge in [-0.05, 0) is 46.3 Å². The van der Waals surface area contributed by atoms with Gasteiger partial charge in [0, 0.05) is 8.95 Å². The number of benzene rings is 2. The topological polar surface area (TPSA) is 72.2 Å². The zero-order chi connectivity index (χ0) is 15.8. The van der Waals surface area contributed by atoms with E-state index in [4.69, 9.17) is 17.3 Å². The van der Waals surface area contributed by atoms with Crippen molar-refractivity contribution in [2.75, 3.05) is 10.5 Å². The van der Waals surface area contributed by atoms with Crippen LogP contribution in [0.4, 0.5) is 15.8 Å². The van der Waals surface area contributed by atoms with E-state index in [1.54, 1.807) is 6.07 Å². The number of rotatable bonds is 3. The molecule has 0 amide bonds. The Balaban J connectivity index is 2.48. The van der Waals surface area contributed by atoms with Gasteiger partial charge in [0.1, 0.15) is 10.7 Å². The molecule has 4 nitrogen and oxygen atoms in total. The maximum absolute atomic E-state index is 13.3. The van der Waals surface area contributed by atoms with Crippen LogP contribution in [0.25, 0.3) is 0 Å². The summed E-state index contributed by atoms with van der Waals surface area (Å²) in [6, 6.07) is 6.75. The van der Waals surface area contributed by atoms with Gasteiger partial charge in [-0.1, -0.05) is 27.5 Å². The number of sulfonamides is 1. The minimum Gasteiger partial charge on any atom is -0.396 e. The van der Waals surface area contributed by atoms with Gasteiger partial charge in [0.15, 0.2) is 0 Å². The predicted molar refractivity (Wildman–Crippen MR) is 88.5 cm³/mol. The minimum atomic E-state index is -3.97. The zero-order valence-corrected chi connectivity index (χ0v) is 14.9. The van der Waals surface area contributed by atoms with E-state index >= 15 is 0 Å². The lowest BCUT2D eigenvalue weighted by molar-refractivity contribution is 0.599. The van der Waals surface area contributed by atoms with Crippen LogP contribution in [0.15, 0.2) is 44.2 Å². The Kier molecular flexibility index (Phi) is 4.82. The first-order chi connectivity index (χ1) is 9.70. The Morgan fingerprint density at radius 2 is 1.86 bits per heavy atom. The molecule has 2 aromatic carbocycles. The molecule has 0 aromatic heterocycles. The summed E-state index contributed by atoms with van der Waals surface area (Å²) in [5, 5.41) is 0.230. The molecular formula is C12H8Br2ClFN2O2S. The molecule has 0 aliphatic carbocycles. The molecular weight excluding hydrogens is 450 g/mol. The van der Waals surface area contributed by atoms with Gasteiger partial charge in [-0.25, -0.2) is 12.8 Å². The zero-order valence-electron chi connectivity index (χ0n) is 10.2. The summed E-state index contributed by atoms with van der Waals surface area (Å²) in [4.78, 5) is -0.183. The van der Waals surface area contributed by atoms with E-state index in [9.17, 15) is 12.8 Å². The van der Waals surface area contributed by atoms with Crippen LogP contribution in [0.1, 0.15) is 0 Å². The quantitative estimate of drug-likeness (QED) is 0.671. The van der Waals surface area contributed by atoms with E-state index in [0.717, 1.165) is 12.1 Å². The summed E-state index contributed by atoms with van der Waals surface area (Å²) >= 11 is 12.2. The van der Waals surface area contributed by atoms with E-state index in [2.05, 4.69) is 36.6 Å². The van der Waals surface area contributed by atoms with Crippen molar-refractivity contribution in [3.05, 3.63) is 50.1 Å². The average Bonchev–Trinajstić information content (AvgIpc) is 2.37. The highest BCUT2D eigenvalue weighted by Crippen LogP contribution is 2.31. The van der Waals surface area contributed by atoms with Gasteiger partial charge in [0.2, 0.25) is 0 Å². The lowest BCUT2D eigenvalue weighted by Gasteiger charge is -2.12. The van der Waals surface area contributed by atoms with Crippen LogP contribution < -0.4 is 10.5 Å². The first-order valence-corrected chi connectivity index (χ1v) is 8.88. The fraction of sp³-hybridized carbons (Fsp3) is 0. The van der Waals surface area contributed by atoms with Crippen LogP contribution in [0.2, 0.25) is 5.02 Å². The third kappa shape index (κ3) is 3.68. The van der Waals surface area contributed by atoms with Crippen LogP contribution in [0.3, 0.4) is 0 Å². The number of nitrogens with two attached hydrogens (primary N) is 1. The number of hydrogen-bond donors (Lipinski definition) is 2. The number of nitrogen functional groups attached to an aromatic ring is 1. The third-order valence-electron chi connectivity index (χ3n) is 2.51. The SMILES string of the molecule is Nc1cc(S(=O)(=O)Nc2cc(Br)ccc2Cl)c(Br)cc1F. The van der Waals surface area contributed by atoms with Gasteiger partial charge in [-0.3, -0.25) is 4.72 Å². The molecule has 0 radical (unpaired) electrons. The number of halogens is 4. The van der Waals surface area contributed by atoms with E-state index in [0.29, 0.717) is 4.47 Å². The molecule has 3 N–H and O–H groups in total. The summed E-state index contributed by atoms with van der Waals surface area (Å²) in [6.07, 6.45) is 0. The lowest BCUT2D eigenvalue weighted by Crippen LogP contribution is -2.14. The van der Waals surface area contributed by atoms with Crippen molar-refractivity contribution in [2.24, 2.45) is 0 Å². The minimum absolute atomic E-state index is 0.0628. The molecule has 0 aliphatic rings. The number of anilines is 2. The van der Waals surface area contributed by atoms with Crippen LogP contribution in [-0.2, 0) is 10.0 Å². The van der Waals surface area contributed by atoms with Crippen molar-refractivity contribution in [3.63, 3.8) is 0 Å². The average molecular weight is 459 g/mol.